The molecule has 2 aromatic heterocycles. The van der Waals surface area contributed by atoms with E-state index in [1.54, 1.807) is 18.5 Å². The van der Waals surface area contributed by atoms with E-state index in [0.717, 1.165) is 19.4 Å². The van der Waals surface area contributed by atoms with Crippen molar-refractivity contribution in [3.8, 4) is 5.75 Å². The normalized spacial score (nSPS) is 16.0. The van der Waals surface area contributed by atoms with Gasteiger partial charge in [0.15, 0.2) is 0 Å². The zero-order valence-corrected chi connectivity index (χ0v) is 17.1. The molecule has 0 spiro atoms. The Balaban J connectivity index is 1.36. The molecule has 3 heterocycles. The Kier molecular flexibility index (Phi) is 6.51. The first-order valence-corrected chi connectivity index (χ1v) is 10.3. The Bertz CT molecular complexity index is 1060. The van der Waals surface area contributed by atoms with Gasteiger partial charge in [-0.2, -0.15) is 5.10 Å². The second-order valence-corrected chi connectivity index (χ2v) is 7.25. The molecule has 160 valence electrons. The molecule has 1 aliphatic heterocycles. The van der Waals surface area contributed by atoms with E-state index in [2.05, 4.69) is 25.3 Å². The predicted octanol–water partition coefficient (Wildman–Crippen LogP) is 1.51. The average Bonchev–Trinajstić information content (AvgIpc) is 2.82. The Morgan fingerprint density at radius 2 is 1.90 bits per heavy atom. The number of benzene rings is 1. The Morgan fingerprint density at radius 1 is 1.10 bits per heavy atom. The molecule has 31 heavy (non-hydrogen) atoms. The topological polar surface area (TPSA) is 102 Å². The number of rotatable bonds is 7. The van der Waals surface area contributed by atoms with Crippen molar-refractivity contribution < 1.29 is 9.53 Å². The molecule has 1 N–H and O–H groups in total. The molecule has 0 aliphatic carbocycles. The number of carbonyl (C=O) groups is 1. The first-order chi connectivity index (χ1) is 15.2. The van der Waals surface area contributed by atoms with E-state index in [9.17, 15) is 9.59 Å². The lowest BCUT2D eigenvalue weighted by Crippen LogP contribution is -2.48. The molecule has 0 radical (unpaired) electrons. The maximum Gasteiger partial charge on any atom is 0.272 e. The van der Waals surface area contributed by atoms with E-state index in [4.69, 9.17) is 4.74 Å². The summed E-state index contributed by atoms with van der Waals surface area (Å²) in [7, 11) is 0. The molecule has 0 bridgehead atoms. The van der Waals surface area contributed by atoms with Gasteiger partial charge in [0.1, 0.15) is 18.1 Å². The predicted molar refractivity (Wildman–Crippen MR) is 115 cm³/mol. The van der Waals surface area contributed by atoms with Crippen molar-refractivity contribution in [3.63, 3.8) is 0 Å². The van der Waals surface area contributed by atoms with E-state index < -0.39 is 0 Å². The molecule has 3 aromatic rings. The number of para-hydroxylation sites is 1. The quantitative estimate of drug-likeness (QED) is 0.618. The molecule has 4 rings (SSSR count). The summed E-state index contributed by atoms with van der Waals surface area (Å²) in [5.74, 6) is 1.07. The number of ether oxygens (including phenoxy) is 1. The van der Waals surface area contributed by atoms with Crippen molar-refractivity contribution in [3.05, 3.63) is 77.0 Å². The van der Waals surface area contributed by atoms with Gasteiger partial charge in [-0.25, -0.2) is 14.6 Å². The van der Waals surface area contributed by atoms with E-state index in [1.165, 1.54) is 16.8 Å². The minimum atomic E-state index is -0.307. The van der Waals surface area contributed by atoms with Crippen LogP contribution in [-0.4, -0.2) is 51.4 Å². The summed E-state index contributed by atoms with van der Waals surface area (Å²) >= 11 is 0. The molecular formula is C22H24N6O3. The highest BCUT2D eigenvalue weighted by atomic mass is 16.5. The van der Waals surface area contributed by atoms with Crippen LogP contribution < -0.4 is 20.5 Å². The van der Waals surface area contributed by atoms with Crippen molar-refractivity contribution in [1.29, 1.82) is 0 Å². The zero-order valence-electron chi connectivity index (χ0n) is 17.1. The fraction of sp³-hybridized carbons (Fsp3) is 0.318. The number of hydrogen-bond acceptors (Lipinski definition) is 7. The van der Waals surface area contributed by atoms with Gasteiger partial charge in [0.05, 0.1) is 6.54 Å². The Morgan fingerprint density at radius 3 is 2.71 bits per heavy atom. The van der Waals surface area contributed by atoms with E-state index in [-0.39, 0.29) is 36.4 Å². The third-order valence-corrected chi connectivity index (χ3v) is 5.01. The SMILES string of the molecule is O=C(NC1CCCN(c2ncccn2)C1)c1ccc(=O)n(CCOc2ccccc2)n1. The number of amides is 1. The van der Waals surface area contributed by atoms with Crippen LogP contribution >= 0.6 is 0 Å². The van der Waals surface area contributed by atoms with Gasteiger partial charge in [-0.15, -0.1) is 0 Å². The number of anilines is 1. The molecule has 9 heteroatoms. The number of hydrogen-bond donors (Lipinski definition) is 1. The van der Waals surface area contributed by atoms with Crippen LogP contribution in [0.2, 0.25) is 0 Å². The van der Waals surface area contributed by atoms with Crippen LogP contribution in [0.3, 0.4) is 0 Å². The van der Waals surface area contributed by atoms with E-state index in [1.807, 2.05) is 30.3 Å². The van der Waals surface area contributed by atoms with Gasteiger partial charge in [0.2, 0.25) is 5.95 Å². The number of nitrogens with zero attached hydrogens (tertiary/aromatic N) is 5. The fourth-order valence-corrected chi connectivity index (χ4v) is 3.49. The lowest BCUT2D eigenvalue weighted by molar-refractivity contribution is 0.0925. The molecule has 1 fully saturated rings. The van der Waals surface area contributed by atoms with Crippen LogP contribution in [-0.2, 0) is 6.54 Å². The van der Waals surface area contributed by atoms with Crippen molar-refractivity contribution >= 4 is 11.9 Å². The second-order valence-electron chi connectivity index (χ2n) is 7.25. The monoisotopic (exact) mass is 420 g/mol. The number of carbonyl (C=O) groups excluding carboxylic acids is 1. The van der Waals surface area contributed by atoms with Crippen molar-refractivity contribution in [2.24, 2.45) is 0 Å². The summed E-state index contributed by atoms with van der Waals surface area (Å²) in [4.78, 5) is 35.5. The van der Waals surface area contributed by atoms with E-state index >= 15 is 0 Å². The molecule has 1 saturated heterocycles. The molecule has 0 saturated carbocycles. The molecule has 1 unspecified atom stereocenters. The summed E-state index contributed by atoms with van der Waals surface area (Å²) < 4.78 is 6.88. The summed E-state index contributed by atoms with van der Waals surface area (Å²) in [5.41, 5.74) is -0.0781. The summed E-state index contributed by atoms with van der Waals surface area (Å²) in [6.45, 7) is 2.00. The lowest BCUT2D eigenvalue weighted by atomic mass is 10.1. The molecule has 1 aliphatic rings. The van der Waals surface area contributed by atoms with Crippen LogP contribution in [0, 0.1) is 0 Å². The molecule has 1 amide bonds. The van der Waals surface area contributed by atoms with Crippen LogP contribution in [0.15, 0.2) is 65.7 Å². The fourth-order valence-electron chi connectivity index (χ4n) is 3.49. The molecular weight excluding hydrogens is 396 g/mol. The van der Waals surface area contributed by atoms with Crippen LogP contribution in [0.4, 0.5) is 5.95 Å². The van der Waals surface area contributed by atoms with Crippen LogP contribution in [0.25, 0.3) is 0 Å². The van der Waals surface area contributed by atoms with Crippen LogP contribution in [0.5, 0.6) is 5.75 Å². The van der Waals surface area contributed by atoms with Crippen molar-refractivity contribution in [2.45, 2.75) is 25.4 Å². The zero-order chi connectivity index (χ0) is 21.5. The maximum absolute atomic E-state index is 12.7. The summed E-state index contributed by atoms with van der Waals surface area (Å²) in [6.07, 6.45) is 5.20. The third kappa shape index (κ3) is 5.44. The minimum Gasteiger partial charge on any atom is -0.492 e. The van der Waals surface area contributed by atoms with Crippen molar-refractivity contribution in [2.75, 3.05) is 24.6 Å². The number of nitrogens with one attached hydrogen (secondary N) is 1. The highest BCUT2D eigenvalue weighted by molar-refractivity contribution is 5.92. The van der Waals surface area contributed by atoms with Gasteiger partial charge >= 0.3 is 0 Å². The summed E-state index contributed by atoms with van der Waals surface area (Å²) in [6, 6.07) is 13.9. The number of piperidine rings is 1. The van der Waals surface area contributed by atoms with Crippen LogP contribution in [0.1, 0.15) is 23.3 Å². The van der Waals surface area contributed by atoms with Gasteiger partial charge in [0.25, 0.3) is 11.5 Å². The standard InChI is InChI=1S/C22H24N6O3/c29-20-10-9-19(26-28(20)14-15-31-18-7-2-1-3-8-18)21(30)25-17-6-4-13-27(16-17)22-23-11-5-12-24-22/h1-3,5,7-12,17H,4,6,13-16H2,(H,25,30). The Hall–Kier alpha value is -3.75. The Labute approximate surface area is 179 Å². The molecule has 1 atom stereocenters. The van der Waals surface area contributed by atoms with E-state index in [0.29, 0.717) is 18.2 Å². The van der Waals surface area contributed by atoms with Gasteiger partial charge in [-0.1, -0.05) is 18.2 Å². The third-order valence-electron chi connectivity index (χ3n) is 5.01. The highest BCUT2D eigenvalue weighted by Gasteiger charge is 2.24. The van der Waals surface area contributed by atoms with Gasteiger partial charge in [-0.3, -0.25) is 9.59 Å². The molecule has 1 aromatic carbocycles. The molecule has 9 nitrogen and oxygen atoms in total. The largest absolute Gasteiger partial charge is 0.492 e. The van der Waals surface area contributed by atoms with Crippen molar-refractivity contribution in [1.82, 2.24) is 25.1 Å². The first-order valence-electron chi connectivity index (χ1n) is 10.3. The van der Waals surface area contributed by atoms with Gasteiger partial charge in [0, 0.05) is 37.6 Å². The average molecular weight is 420 g/mol. The van der Waals surface area contributed by atoms with Gasteiger partial charge in [-0.05, 0) is 37.1 Å². The maximum atomic E-state index is 12.7. The minimum absolute atomic E-state index is 0.0475. The summed E-state index contributed by atoms with van der Waals surface area (Å²) in [5, 5.41) is 7.24. The lowest BCUT2D eigenvalue weighted by Gasteiger charge is -2.33. The first kappa shape index (κ1) is 20.5. The second kappa shape index (κ2) is 9.84. The highest BCUT2D eigenvalue weighted by Crippen LogP contribution is 2.15. The number of aromatic nitrogens is 4. The smallest absolute Gasteiger partial charge is 0.272 e. The van der Waals surface area contributed by atoms with Gasteiger partial charge < -0.3 is 15.0 Å².